The Morgan fingerprint density at radius 3 is 2.55 bits per heavy atom. The number of hydrogen-bond donors (Lipinski definition) is 1. The number of ether oxygens (including phenoxy) is 2. The SMILES string of the molecule is COc1cc(C)c(S(=O)(=O)Nc2cccc(-c3nnc4n3CCCCC4)c2)cc1OC. The highest BCUT2D eigenvalue weighted by Gasteiger charge is 2.21. The number of aromatic nitrogens is 3. The van der Waals surface area contributed by atoms with E-state index in [9.17, 15) is 8.42 Å². The van der Waals surface area contributed by atoms with E-state index in [-0.39, 0.29) is 4.90 Å². The molecule has 3 aromatic rings. The molecule has 1 aromatic heterocycles. The van der Waals surface area contributed by atoms with E-state index in [1.54, 1.807) is 25.1 Å². The number of fused-ring (bicyclic) bond motifs is 1. The summed E-state index contributed by atoms with van der Waals surface area (Å²) in [5.74, 6) is 2.58. The first-order chi connectivity index (χ1) is 14.9. The summed E-state index contributed by atoms with van der Waals surface area (Å²) >= 11 is 0. The van der Waals surface area contributed by atoms with Crippen molar-refractivity contribution in [1.82, 2.24) is 14.8 Å². The lowest BCUT2D eigenvalue weighted by Crippen LogP contribution is -2.15. The van der Waals surface area contributed by atoms with Crippen LogP contribution >= 0.6 is 0 Å². The molecule has 9 heteroatoms. The van der Waals surface area contributed by atoms with E-state index in [2.05, 4.69) is 19.5 Å². The normalized spacial score (nSPS) is 13.9. The van der Waals surface area contributed by atoms with Crippen molar-refractivity contribution >= 4 is 15.7 Å². The van der Waals surface area contributed by atoms with Crippen molar-refractivity contribution in [2.75, 3.05) is 18.9 Å². The summed E-state index contributed by atoms with van der Waals surface area (Å²) in [7, 11) is -0.850. The summed E-state index contributed by atoms with van der Waals surface area (Å²) in [6.45, 7) is 2.59. The first-order valence-electron chi connectivity index (χ1n) is 10.2. The highest BCUT2D eigenvalue weighted by Crippen LogP contribution is 2.33. The van der Waals surface area contributed by atoms with Gasteiger partial charge in [0.2, 0.25) is 0 Å². The third-order valence-corrected chi connectivity index (χ3v) is 6.98. The Labute approximate surface area is 182 Å². The van der Waals surface area contributed by atoms with Gasteiger partial charge in [-0.05, 0) is 43.5 Å². The fraction of sp³-hybridized carbons (Fsp3) is 0.364. The lowest BCUT2D eigenvalue weighted by atomic mass is 10.2. The van der Waals surface area contributed by atoms with Gasteiger partial charge in [0, 0.05) is 30.3 Å². The molecule has 0 radical (unpaired) electrons. The number of anilines is 1. The van der Waals surface area contributed by atoms with Crippen molar-refractivity contribution in [3.8, 4) is 22.9 Å². The second-order valence-electron chi connectivity index (χ2n) is 7.56. The molecule has 2 aromatic carbocycles. The lowest BCUT2D eigenvalue weighted by Gasteiger charge is -2.15. The van der Waals surface area contributed by atoms with Crippen molar-refractivity contribution in [3.63, 3.8) is 0 Å². The quantitative estimate of drug-likeness (QED) is 0.624. The highest BCUT2D eigenvalue weighted by atomic mass is 32.2. The summed E-state index contributed by atoms with van der Waals surface area (Å²) in [6, 6.07) is 10.4. The highest BCUT2D eigenvalue weighted by molar-refractivity contribution is 7.92. The molecule has 1 aliphatic heterocycles. The van der Waals surface area contributed by atoms with Gasteiger partial charge in [0.15, 0.2) is 17.3 Å². The standard InChI is InChI=1S/C22H26N4O4S/c1-15-12-18(29-2)19(30-3)14-20(15)31(27,28)25-17-9-7-8-16(13-17)22-24-23-21-10-5-4-6-11-26(21)22/h7-9,12-14,25H,4-6,10-11H2,1-3H3. The van der Waals surface area contributed by atoms with E-state index < -0.39 is 10.0 Å². The molecule has 0 unspecified atom stereocenters. The van der Waals surface area contributed by atoms with E-state index in [1.165, 1.54) is 26.7 Å². The van der Waals surface area contributed by atoms with Crippen LogP contribution in [0.3, 0.4) is 0 Å². The van der Waals surface area contributed by atoms with Gasteiger partial charge in [-0.25, -0.2) is 8.42 Å². The Balaban J connectivity index is 1.66. The Morgan fingerprint density at radius 1 is 1.00 bits per heavy atom. The zero-order chi connectivity index (χ0) is 22.0. The third kappa shape index (κ3) is 4.23. The molecule has 0 spiro atoms. The Kier molecular flexibility index (Phi) is 5.86. The molecule has 164 valence electrons. The van der Waals surface area contributed by atoms with Crippen LogP contribution in [0.4, 0.5) is 5.69 Å². The van der Waals surface area contributed by atoms with Gasteiger partial charge in [0.05, 0.1) is 19.1 Å². The second-order valence-corrected chi connectivity index (χ2v) is 9.21. The van der Waals surface area contributed by atoms with Crippen LogP contribution < -0.4 is 14.2 Å². The summed E-state index contributed by atoms with van der Waals surface area (Å²) in [5.41, 5.74) is 1.84. The Bertz CT molecular complexity index is 1200. The van der Waals surface area contributed by atoms with Gasteiger partial charge in [-0.3, -0.25) is 4.72 Å². The van der Waals surface area contributed by atoms with E-state index in [0.29, 0.717) is 22.7 Å². The number of nitrogens with zero attached hydrogens (tertiary/aromatic N) is 3. The van der Waals surface area contributed by atoms with Crippen LogP contribution in [0.2, 0.25) is 0 Å². The Hall–Kier alpha value is -3.07. The zero-order valence-electron chi connectivity index (χ0n) is 17.9. The van der Waals surface area contributed by atoms with Crippen molar-refractivity contribution < 1.29 is 17.9 Å². The zero-order valence-corrected chi connectivity index (χ0v) is 18.7. The number of methoxy groups -OCH3 is 2. The van der Waals surface area contributed by atoms with Gasteiger partial charge in [0.1, 0.15) is 5.82 Å². The molecule has 0 fully saturated rings. The third-order valence-electron chi connectivity index (χ3n) is 5.45. The molecule has 8 nitrogen and oxygen atoms in total. The first-order valence-corrected chi connectivity index (χ1v) is 11.7. The second kappa shape index (κ2) is 8.58. The molecule has 0 amide bonds. The van der Waals surface area contributed by atoms with Crippen molar-refractivity contribution in [3.05, 3.63) is 47.8 Å². The van der Waals surface area contributed by atoms with E-state index in [4.69, 9.17) is 9.47 Å². The van der Waals surface area contributed by atoms with E-state index in [0.717, 1.165) is 43.0 Å². The molecule has 0 bridgehead atoms. The molecule has 0 atom stereocenters. The number of benzene rings is 2. The van der Waals surface area contributed by atoms with Gasteiger partial charge in [-0.1, -0.05) is 18.6 Å². The maximum Gasteiger partial charge on any atom is 0.262 e. The van der Waals surface area contributed by atoms with Gasteiger partial charge in [0.25, 0.3) is 10.0 Å². The van der Waals surface area contributed by atoms with E-state index in [1.807, 2.05) is 12.1 Å². The maximum absolute atomic E-state index is 13.1. The number of hydrogen-bond acceptors (Lipinski definition) is 6. The van der Waals surface area contributed by atoms with Crippen molar-refractivity contribution in [1.29, 1.82) is 0 Å². The summed E-state index contributed by atoms with van der Waals surface area (Å²) < 4.78 is 41.6. The van der Waals surface area contributed by atoms with Crippen molar-refractivity contribution in [2.24, 2.45) is 0 Å². The maximum atomic E-state index is 13.1. The average molecular weight is 443 g/mol. The average Bonchev–Trinajstić information content (AvgIpc) is 3.01. The summed E-state index contributed by atoms with van der Waals surface area (Å²) in [5, 5.41) is 8.71. The van der Waals surface area contributed by atoms with Crippen LogP contribution in [0.25, 0.3) is 11.4 Å². The van der Waals surface area contributed by atoms with Crippen LogP contribution in [-0.4, -0.2) is 37.4 Å². The molecule has 4 rings (SSSR count). The smallest absolute Gasteiger partial charge is 0.262 e. The molecule has 31 heavy (non-hydrogen) atoms. The molecule has 2 heterocycles. The summed E-state index contributed by atoms with van der Waals surface area (Å²) in [4.78, 5) is 0.131. The monoisotopic (exact) mass is 442 g/mol. The predicted octanol–water partition coefficient (Wildman–Crippen LogP) is 3.80. The number of aryl methyl sites for hydroxylation is 2. The number of nitrogens with one attached hydrogen (secondary N) is 1. The van der Waals surface area contributed by atoms with E-state index >= 15 is 0 Å². The molecule has 0 saturated carbocycles. The minimum atomic E-state index is -3.84. The number of sulfonamides is 1. The molecule has 1 N–H and O–H groups in total. The predicted molar refractivity (Wildman–Crippen MR) is 118 cm³/mol. The van der Waals surface area contributed by atoms with Gasteiger partial charge >= 0.3 is 0 Å². The van der Waals surface area contributed by atoms with Crippen LogP contribution in [0.5, 0.6) is 11.5 Å². The topological polar surface area (TPSA) is 95.3 Å². The van der Waals surface area contributed by atoms with Crippen LogP contribution in [0, 0.1) is 6.92 Å². The first kappa shape index (κ1) is 21.2. The minimum absolute atomic E-state index is 0.131. The molecule has 0 saturated heterocycles. The van der Waals surface area contributed by atoms with Crippen LogP contribution in [0.15, 0.2) is 41.3 Å². The van der Waals surface area contributed by atoms with Gasteiger partial charge in [-0.2, -0.15) is 0 Å². The summed E-state index contributed by atoms with van der Waals surface area (Å²) in [6.07, 6.45) is 4.29. The van der Waals surface area contributed by atoms with Gasteiger partial charge < -0.3 is 14.0 Å². The number of rotatable bonds is 6. The molecule has 0 aliphatic carbocycles. The Morgan fingerprint density at radius 2 is 1.77 bits per heavy atom. The van der Waals surface area contributed by atoms with Crippen LogP contribution in [-0.2, 0) is 23.0 Å². The minimum Gasteiger partial charge on any atom is -0.493 e. The van der Waals surface area contributed by atoms with Crippen molar-refractivity contribution in [2.45, 2.75) is 44.0 Å². The largest absolute Gasteiger partial charge is 0.493 e. The fourth-order valence-electron chi connectivity index (χ4n) is 3.88. The van der Waals surface area contributed by atoms with Gasteiger partial charge in [-0.15, -0.1) is 10.2 Å². The molecular weight excluding hydrogens is 416 g/mol. The molecular formula is C22H26N4O4S. The molecule has 1 aliphatic rings. The van der Waals surface area contributed by atoms with Crippen LogP contribution in [0.1, 0.15) is 30.7 Å². The lowest BCUT2D eigenvalue weighted by molar-refractivity contribution is 0.353. The fourth-order valence-corrected chi connectivity index (χ4v) is 5.17.